The number of anilines is 2. The number of nitrogens with zero attached hydrogens (tertiary/aromatic N) is 3. The molecule has 2 heterocycles. The Morgan fingerprint density at radius 2 is 1.36 bits per heavy atom. The van der Waals surface area contributed by atoms with Crippen LogP contribution in [0.15, 0.2) is 139 Å². The van der Waals surface area contributed by atoms with Crippen LogP contribution in [0, 0.1) is 6.92 Å². The van der Waals surface area contributed by atoms with Crippen molar-refractivity contribution < 1.29 is 9.53 Å². The SMILES string of the molecule is COc1ccc([C@H]2C(c3ccc(C)cc3)=NN(c3ccccc3)[C@]23C(=O)c2ccccc2CN3c2ccccc2)cc1. The van der Waals surface area contributed by atoms with E-state index in [-0.39, 0.29) is 5.78 Å². The monoisotopic (exact) mass is 549 g/mol. The Labute approximate surface area is 246 Å². The van der Waals surface area contributed by atoms with Gasteiger partial charge in [0.15, 0.2) is 0 Å². The van der Waals surface area contributed by atoms with Gasteiger partial charge >= 0.3 is 0 Å². The lowest BCUT2D eigenvalue weighted by Crippen LogP contribution is -2.68. The maximum atomic E-state index is 15.4. The molecule has 0 saturated heterocycles. The first-order valence-electron chi connectivity index (χ1n) is 14.2. The van der Waals surface area contributed by atoms with E-state index >= 15 is 4.79 Å². The van der Waals surface area contributed by atoms with Crippen molar-refractivity contribution in [2.75, 3.05) is 17.0 Å². The molecule has 42 heavy (non-hydrogen) atoms. The van der Waals surface area contributed by atoms with Crippen LogP contribution in [0.1, 0.15) is 38.5 Å². The zero-order valence-electron chi connectivity index (χ0n) is 23.6. The summed E-state index contributed by atoms with van der Waals surface area (Å²) >= 11 is 0. The van der Waals surface area contributed by atoms with Crippen LogP contribution in [0.2, 0.25) is 0 Å². The number of ketones is 1. The van der Waals surface area contributed by atoms with Crippen molar-refractivity contribution in [3.8, 4) is 5.75 Å². The van der Waals surface area contributed by atoms with E-state index in [0.717, 1.165) is 45.1 Å². The maximum Gasteiger partial charge on any atom is 0.212 e. The van der Waals surface area contributed by atoms with Gasteiger partial charge in [-0.1, -0.05) is 103 Å². The second-order valence-corrected chi connectivity index (χ2v) is 10.8. The van der Waals surface area contributed by atoms with E-state index in [1.165, 1.54) is 5.56 Å². The summed E-state index contributed by atoms with van der Waals surface area (Å²) < 4.78 is 5.52. The number of rotatable bonds is 5. The third-order valence-corrected chi connectivity index (χ3v) is 8.41. The van der Waals surface area contributed by atoms with Crippen LogP contribution in [0.4, 0.5) is 11.4 Å². The average Bonchev–Trinajstić information content (AvgIpc) is 3.40. The zero-order chi connectivity index (χ0) is 28.7. The van der Waals surface area contributed by atoms with Crippen LogP contribution in [0.25, 0.3) is 0 Å². The number of Topliss-reactive ketones (excluding diaryl/α,β-unsaturated/α-hetero) is 1. The summed E-state index contributed by atoms with van der Waals surface area (Å²) in [5.41, 5.74) is 6.31. The molecular formula is C37H31N3O2. The van der Waals surface area contributed by atoms with Gasteiger partial charge < -0.3 is 9.64 Å². The predicted octanol–water partition coefficient (Wildman–Crippen LogP) is 7.61. The quantitative estimate of drug-likeness (QED) is 0.226. The van der Waals surface area contributed by atoms with Crippen LogP contribution >= 0.6 is 0 Å². The van der Waals surface area contributed by atoms with Crippen molar-refractivity contribution in [2.24, 2.45) is 5.10 Å². The minimum atomic E-state index is -1.22. The van der Waals surface area contributed by atoms with Gasteiger partial charge in [-0.05, 0) is 60.0 Å². The number of aryl methyl sites for hydroxylation is 1. The smallest absolute Gasteiger partial charge is 0.212 e. The van der Waals surface area contributed by atoms with E-state index in [9.17, 15) is 0 Å². The van der Waals surface area contributed by atoms with Crippen LogP contribution in [0.3, 0.4) is 0 Å². The Morgan fingerprint density at radius 1 is 0.738 bits per heavy atom. The third-order valence-electron chi connectivity index (χ3n) is 8.41. The zero-order valence-corrected chi connectivity index (χ0v) is 23.6. The molecule has 7 rings (SSSR count). The van der Waals surface area contributed by atoms with Crippen molar-refractivity contribution in [1.29, 1.82) is 0 Å². The molecule has 0 aromatic heterocycles. The number of methoxy groups -OCH3 is 1. The summed E-state index contributed by atoms with van der Waals surface area (Å²) in [5, 5.41) is 7.37. The molecule has 5 heteroatoms. The first-order chi connectivity index (χ1) is 20.6. The summed E-state index contributed by atoms with van der Waals surface area (Å²) in [4.78, 5) is 17.6. The fourth-order valence-corrected chi connectivity index (χ4v) is 6.40. The van der Waals surface area contributed by atoms with E-state index in [1.54, 1.807) is 7.11 Å². The summed E-state index contributed by atoms with van der Waals surface area (Å²) in [6, 6.07) is 44.8. The molecule has 0 radical (unpaired) electrons. The first-order valence-corrected chi connectivity index (χ1v) is 14.2. The minimum absolute atomic E-state index is 0.0173. The highest BCUT2D eigenvalue weighted by atomic mass is 16.5. The molecule has 0 bridgehead atoms. The van der Waals surface area contributed by atoms with E-state index in [4.69, 9.17) is 9.84 Å². The predicted molar refractivity (Wildman–Crippen MR) is 169 cm³/mol. The number of carbonyl (C=O) groups excluding carboxylic acids is 1. The summed E-state index contributed by atoms with van der Waals surface area (Å²) in [6.45, 7) is 2.64. The molecule has 206 valence electrons. The van der Waals surface area contributed by atoms with Crippen LogP contribution < -0.4 is 14.6 Å². The van der Waals surface area contributed by atoms with Crippen molar-refractivity contribution >= 4 is 22.9 Å². The molecule has 0 amide bonds. The highest BCUT2D eigenvalue weighted by molar-refractivity contribution is 6.20. The number of hydrazone groups is 1. The molecule has 0 aliphatic carbocycles. The fourth-order valence-electron chi connectivity index (χ4n) is 6.40. The molecule has 0 unspecified atom stereocenters. The molecule has 2 atom stereocenters. The molecule has 2 aliphatic heterocycles. The summed E-state index contributed by atoms with van der Waals surface area (Å²) in [6.07, 6.45) is 0. The number of carbonyl (C=O) groups is 1. The number of hydrogen-bond donors (Lipinski definition) is 0. The van der Waals surface area contributed by atoms with Gasteiger partial charge in [0.05, 0.1) is 24.4 Å². The molecule has 0 saturated carbocycles. The van der Waals surface area contributed by atoms with E-state index in [2.05, 4.69) is 66.4 Å². The topological polar surface area (TPSA) is 45.1 Å². The lowest BCUT2D eigenvalue weighted by molar-refractivity contribution is 0.0859. The Morgan fingerprint density at radius 3 is 2.02 bits per heavy atom. The number of ether oxygens (including phenoxy) is 1. The molecule has 1 spiro atoms. The highest BCUT2D eigenvalue weighted by Crippen LogP contribution is 2.52. The van der Waals surface area contributed by atoms with Gasteiger partial charge in [-0.3, -0.25) is 4.79 Å². The lowest BCUT2D eigenvalue weighted by Gasteiger charge is -2.52. The molecule has 5 nitrogen and oxygen atoms in total. The van der Waals surface area contributed by atoms with Crippen LogP contribution in [0.5, 0.6) is 5.75 Å². The molecule has 0 N–H and O–H groups in total. The largest absolute Gasteiger partial charge is 0.497 e. The normalized spacial score (nSPS) is 19.5. The lowest BCUT2D eigenvalue weighted by atomic mass is 9.72. The molecule has 2 aliphatic rings. The Bertz CT molecular complexity index is 1770. The molecule has 5 aromatic rings. The van der Waals surface area contributed by atoms with E-state index in [0.29, 0.717) is 6.54 Å². The van der Waals surface area contributed by atoms with Crippen molar-refractivity contribution in [3.63, 3.8) is 0 Å². The Balaban J connectivity index is 1.58. The van der Waals surface area contributed by atoms with Crippen LogP contribution in [-0.4, -0.2) is 24.3 Å². The van der Waals surface area contributed by atoms with Gasteiger partial charge in [-0.15, -0.1) is 0 Å². The second kappa shape index (κ2) is 10.3. The average molecular weight is 550 g/mol. The molecule has 5 aromatic carbocycles. The maximum absolute atomic E-state index is 15.4. The number of fused-ring (bicyclic) bond motifs is 1. The molecular weight excluding hydrogens is 518 g/mol. The Kier molecular flexibility index (Phi) is 6.35. The van der Waals surface area contributed by atoms with Crippen molar-refractivity contribution in [2.45, 2.75) is 25.0 Å². The number of benzene rings is 5. The first kappa shape index (κ1) is 25.8. The number of hydrogen-bond acceptors (Lipinski definition) is 5. The minimum Gasteiger partial charge on any atom is -0.497 e. The second-order valence-electron chi connectivity index (χ2n) is 10.8. The van der Waals surface area contributed by atoms with Gasteiger partial charge in [0.2, 0.25) is 11.4 Å². The molecule has 0 fully saturated rings. The van der Waals surface area contributed by atoms with Gasteiger partial charge in [0.25, 0.3) is 0 Å². The van der Waals surface area contributed by atoms with Gasteiger partial charge in [-0.2, -0.15) is 5.10 Å². The van der Waals surface area contributed by atoms with Gasteiger partial charge in [0, 0.05) is 17.8 Å². The highest BCUT2D eigenvalue weighted by Gasteiger charge is 2.63. The van der Waals surface area contributed by atoms with E-state index in [1.807, 2.05) is 83.9 Å². The fraction of sp³-hybridized carbons (Fsp3) is 0.135. The van der Waals surface area contributed by atoms with Gasteiger partial charge in [-0.25, -0.2) is 5.01 Å². The van der Waals surface area contributed by atoms with E-state index < -0.39 is 11.6 Å². The van der Waals surface area contributed by atoms with Crippen LogP contribution in [-0.2, 0) is 6.54 Å². The Hall–Kier alpha value is -5.16. The van der Waals surface area contributed by atoms with Crippen molar-refractivity contribution in [1.82, 2.24) is 0 Å². The standard InChI is InChI=1S/C37H31N3O2/c1-26-17-19-28(20-18-26)35-34(27-21-23-32(42-2)24-22-27)37(40(38-35)31-14-7-4-8-15-31)36(41)33-16-10-9-11-29(33)25-39(37)30-12-5-3-6-13-30/h3-24,34H,25H2,1-2H3/t34-,37-/m0/s1. The number of para-hydroxylation sites is 2. The summed E-state index contributed by atoms with van der Waals surface area (Å²) in [5.74, 6) is 0.357. The third kappa shape index (κ3) is 4.00. The van der Waals surface area contributed by atoms with Crippen molar-refractivity contribution in [3.05, 3.63) is 161 Å². The van der Waals surface area contributed by atoms with Gasteiger partial charge in [0.1, 0.15) is 5.75 Å². The summed E-state index contributed by atoms with van der Waals surface area (Å²) in [7, 11) is 1.67.